The maximum atomic E-state index is 11.7. The lowest BCUT2D eigenvalue weighted by Gasteiger charge is -2.04. The standard InChI is InChI=1S/C15H13NO2/c1-2-14-9-8-13(10-16-14)15(17)18-11-12-6-4-3-5-7-12/h2-10H,1,11H2. The van der Waals surface area contributed by atoms with Gasteiger partial charge in [-0.3, -0.25) is 4.98 Å². The smallest absolute Gasteiger partial charge is 0.340 e. The monoisotopic (exact) mass is 239 g/mol. The number of ether oxygens (including phenoxy) is 1. The molecule has 0 radical (unpaired) electrons. The molecule has 0 saturated carbocycles. The highest BCUT2D eigenvalue weighted by Crippen LogP contribution is 2.06. The zero-order valence-corrected chi connectivity index (χ0v) is 9.87. The fourth-order valence-corrected chi connectivity index (χ4v) is 1.45. The first-order valence-electron chi connectivity index (χ1n) is 5.59. The van der Waals surface area contributed by atoms with Crippen molar-refractivity contribution < 1.29 is 9.53 Å². The van der Waals surface area contributed by atoms with Gasteiger partial charge in [0.15, 0.2) is 0 Å². The van der Waals surface area contributed by atoms with Crippen LogP contribution in [0.25, 0.3) is 6.08 Å². The molecule has 0 saturated heterocycles. The fraction of sp³-hybridized carbons (Fsp3) is 0.0667. The zero-order valence-electron chi connectivity index (χ0n) is 9.87. The van der Waals surface area contributed by atoms with E-state index in [1.807, 2.05) is 30.3 Å². The summed E-state index contributed by atoms with van der Waals surface area (Å²) in [5.41, 5.74) is 2.13. The predicted molar refractivity (Wildman–Crippen MR) is 69.9 cm³/mol. The molecule has 0 amide bonds. The molecule has 2 aromatic rings. The Labute approximate surface area is 106 Å². The number of aromatic nitrogens is 1. The van der Waals surface area contributed by atoms with Crippen molar-refractivity contribution in [3.63, 3.8) is 0 Å². The summed E-state index contributed by atoms with van der Waals surface area (Å²) in [5.74, 6) is -0.373. The van der Waals surface area contributed by atoms with Gasteiger partial charge in [-0.05, 0) is 23.8 Å². The first kappa shape index (κ1) is 12.0. The molecule has 1 aromatic heterocycles. The van der Waals surface area contributed by atoms with E-state index in [4.69, 9.17) is 4.74 Å². The molecule has 0 aliphatic rings. The molecule has 0 unspecified atom stereocenters. The van der Waals surface area contributed by atoms with Crippen molar-refractivity contribution in [3.05, 3.63) is 72.1 Å². The summed E-state index contributed by atoms with van der Waals surface area (Å²) >= 11 is 0. The second kappa shape index (κ2) is 5.77. The minimum absolute atomic E-state index is 0.267. The van der Waals surface area contributed by atoms with Crippen molar-refractivity contribution in [1.29, 1.82) is 0 Å². The SMILES string of the molecule is C=Cc1ccc(C(=O)OCc2ccccc2)cn1. The summed E-state index contributed by atoms with van der Waals surface area (Å²) in [5, 5.41) is 0. The van der Waals surface area contributed by atoms with Gasteiger partial charge in [0.05, 0.1) is 11.3 Å². The molecule has 18 heavy (non-hydrogen) atoms. The molecule has 0 aliphatic heterocycles. The van der Waals surface area contributed by atoms with Crippen LogP contribution in [0.3, 0.4) is 0 Å². The zero-order chi connectivity index (χ0) is 12.8. The number of hydrogen-bond acceptors (Lipinski definition) is 3. The van der Waals surface area contributed by atoms with Crippen LogP contribution in [-0.2, 0) is 11.3 Å². The summed E-state index contributed by atoms with van der Waals surface area (Å²) in [7, 11) is 0. The van der Waals surface area contributed by atoms with Gasteiger partial charge in [-0.2, -0.15) is 0 Å². The van der Waals surface area contributed by atoms with Crippen LogP contribution in [0, 0.1) is 0 Å². The predicted octanol–water partition coefficient (Wildman–Crippen LogP) is 3.08. The number of nitrogens with zero attached hydrogens (tertiary/aromatic N) is 1. The lowest BCUT2D eigenvalue weighted by molar-refractivity contribution is 0.0472. The van der Waals surface area contributed by atoms with Crippen molar-refractivity contribution in [2.45, 2.75) is 6.61 Å². The third-order valence-electron chi connectivity index (χ3n) is 2.44. The molecule has 3 heteroatoms. The van der Waals surface area contributed by atoms with E-state index in [0.717, 1.165) is 11.3 Å². The maximum Gasteiger partial charge on any atom is 0.340 e. The van der Waals surface area contributed by atoms with Crippen LogP contribution in [0.5, 0.6) is 0 Å². The van der Waals surface area contributed by atoms with E-state index in [2.05, 4.69) is 11.6 Å². The average molecular weight is 239 g/mol. The van der Waals surface area contributed by atoms with Gasteiger partial charge >= 0.3 is 5.97 Å². The van der Waals surface area contributed by atoms with Gasteiger partial charge in [0.2, 0.25) is 0 Å². The molecule has 0 N–H and O–H groups in total. The van der Waals surface area contributed by atoms with Gasteiger partial charge in [-0.25, -0.2) is 4.79 Å². The van der Waals surface area contributed by atoms with Gasteiger partial charge < -0.3 is 4.74 Å². The molecule has 3 nitrogen and oxygen atoms in total. The molecule has 90 valence electrons. The molecular formula is C15H13NO2. The van der Waals surface area contributed by atoms with Crippen LogP contribution in [0.2, 0.25) is 0 Å². The van der Waals surface area contributed by atoms with E-state index >= 15 is 0 Å². The Bertz CT molecular complexity index is 532. The van der Waals surface area contributed by atoms with Crippen molar-refractivity contribution >= 4 is 12.0 Å². The van der Waals surface area contributed by atoms with Crippen molar-refractivity contribution in [1.82, 2.24) is 4.98 Å². The molecule has 1 heterocycles. The molecule has 1 aromatic carbocycles. The number of carbonyl (C=O) groups excluding carboxylic acids is 1. The molecule has 0 aliphatic carbocycles. The van der Waals surface area contributed by atoms with Crippen LogP contribution in [-0.4, -0.2) is 11.0 Å². The van der Waals surface area contributed by atoms with E-state index in [1.165, 1.54) is 6.20 Å². The lowest BCUT2D eigenvalue weighted by Crippen LogP contribution is -2.05. The van der Waals surface area contributed by atoms with Crippen molar-refractivity contribution in [2.75, 3.05) is 0 Å². The van der Waals surface area contributed by atoms with Crippen LogP contribution in [0.4, 0.5) is 0 Å². The van der Waals surface area contributed by atoms with E-state index in [9.17, 15) is 4.79 Å². The van der Waals surface area contributed by atoms with Gasteiger partial charge in [0.25, 0.3) is 0 Å². The second-order valence-electron chi connectivity index (χ2n) is 3.74. The highest BCUT2D eigenvalue weighted by Gasteiger charge is 2.07. The first-order chi connectivity index (χ1) is 8.79. The molecule has 0 spiro atoms. The number of benzene rings is 1. The summed E-state index contributed by atoms with van der Waals surface area (Å²) in [6, 6.07) is 13.0. The summed E-state index contributed by atoms with van der Waals surface area (Å²) in [6.45, 7) is 3.87. The van der Waals surface area contributed by atoms with Crippen LogP contribution >= 0.6 is 0 Å². The molecule has 0 bridgehead atoms. The Hall–Kier alpha value is -2.42. The Balaban J connectivity index is 1.97. The topological polar surface area (TPSA) is 39.2 Å². The third kappa shape index (κ3) is 3.04. The fourth-order valence-electron chi connectivity index (χ4n) is 1.45. The highest BCUT2D eigenvalue weighted by molar-refractivity contribution is 5.89. The summed E-state index contributed by atoms with van der Waals surface area (Å²) < 4.78 is 5.18. The van der Waals surface area contributed by atoms with Crippen molar-refractivity contribution in [3.8, 4) is 0 Å². The highest BCUT2D eigenvalue weighted by atomic mass is 16.5. The van der Waals surface area contributed by atoms with Crippen LogP contribution < -0.4 is 0 Å². The molecular weight excluding hydrogens is 226 g/mol. The number of carbonyl (C=O) groups is 1. The van der Waals surface area contributed by atoms with Crippen LogP contribution in [0.15, 0.2) is 55.2 Å². The first-order valence-corrected chi connectivity index (χ1v) is 5.59. The Kier molecular flexibility index (Phi) is 3.86. The molecule has 0 fully saturated rings. The lowest BCUT2D eigenvalue weighted by atomic mass is 10.2. The Morgan fingerprint density at radius 3 is 2.61 bits per heavy atom. The van der Waals surface area contributed by atoms with Gasteiger partial charge in [-0.1, -0.05) is 36.9 Å². The van der Waals surface area contributed by atoms with Gasteiger partial charge in [0, 0.05) is 6.20 Å². The minimum Gasteiger partial charge on any atom is -0.457 e. The number of rotatable bonds is 4. The van der Waals surface area contributed by atoms with Crippen molar-refractivity contribution in [2.24, 2.45) is 0 Å². The van der Waals surface area contributed by atoms with E-state index in [-0.39, 0.29) is 12.6 Å². The Morgan fingerprint density at radius 2 is 2.00 bits per heavy atom. The maximum absolute atomic E-state index is 11.7. The molecule has 0 atom stereocenters. The summed E-state index contributed by atoms with van der Waals surface area (Å²) in [6.07, 6.45) is 3.11. The van der Waals surface area contributed by atoms with E-state index in [0.29, 0.717) is 5.56 Å². The minimum atomic E-state index is -0.373. The quantitative estimate of drug-likeness (QED) is 0.770. The Morgan fingerprint density at radius 1 is 1.22 bits per heavy atom. The second-order valence-corrected chi connectivity index (χ2v) is 3.74. The summed E-state index contributed by atoms with van der Waals surface area (Å²) in [4.78, 5) is 15.8. The average Bonchev–Trinajstić information content (AvgIpc) is 2.46. The van der Waals surface area contributed by atoms with E-state index in [1.54, 1.807) is 18.2 Å². The number of hydrogen-bond donors (Lipinski definition) is 0. The number of esters is 1. The van der Waals surface area contributed by atoms with Gasteiger partial charge in [-0.15, -0.1) is 0 Å². The third-order valence-corrected chi connectivity index (χ3v) is 2.44. The molecule has 2 rings (SSSR count). The van der Waals surface area contributed by atoms with E-state index < -0.39 is 0 Å². The van der Waals surface area contributed by atoms with Crippen LogP contribution in [0.1, 0.15) is 21.6 Å². The largest absolute Gasteiger partial charge is 0.457 e. The van der Waals surface area contributed by atoms with Gasteiger partial charge in [0.1, 0.15) is 6.61 Å². The normalized spacial score (nSPS) is 9.78. The number of pyridine rings is 1.